The molecule has 1 aliphatic heterocycles. The Hall–Kier alpha value is -2.90. The minimum atomic E-state index is -0.596. The van der Waals surface area contributed by atoms with E-state index in [9.17, 15) is 13.6 Å². The number of carbonyl (C=O) groups is 1. The molecule has 1 aromatic carbocycles. The molecule has 1 saturated heterocycles. The molecular weight excluding hydrogens is 330 g/mol. The van der Waals surface area contributed by atoms with Crippen LogP contribution in [0.4, 0.5) is 25.0 Å². The molecule has 0 radical (unpaired) electrons. The summed E-state index contributed by atoms with van der Waals surface area (Å²) in [6, 6.07) is 6.79. The van der Waals surface area contributed by atoms with Crippen LogP contribution in [0, 0.1) is 11.6 Å². The van der Waals surface area contributed by atoms with Gasteiger partial charge in [0.15, 0.2) is 0 Å². The summed E-state index contributed by atoms with van der Waals surface area (Å²) in [5.74, 6) is -0.791. The smallest absolute Gasteiger partial charge is 0.321 e. The van der Waals surface area contributed by atoms with Crippen LogP contribution in [0.2, 0.25) is 0 Å². The van der Waals surface area contributed by atoms with E-state index in [-0.39, 0.29) is 11.7 Å². The lowest BCUT2D eigenvalue weighted by molar-refractivity contribution is 0.208. The van der Waals surface area contributed by atoms with E-state index in [1.165, 1.54) is 31.5 Å². The van der Waals surface area contributed by atoms with Crippen molar-refractivity contribution < 1.29 is 18.3 Å². The third-order valence-corrected chi connectivity index (χ3v) is 4.02. The van der Waals surface area contributed by atoms with Gasteiger partial charge in [-0.15, -0.1) is 0 Å². The van der Waals surface area contributed by atoms with Gasteiger partial charge in [-0.2, -0.15) is 0 Å². The van der Waals surface area contributed by atoms with Gasteiger partial charge in [-0.1, -0.05) is 6.07 Å². The Morgan fingerprint density at radius 3 is 2.48 bits per heavy atom. The van der Waals surface area contributed by atoms with E-state index in [4.69, 9.17) is 4.74 Å². The molecule has 0 bridgehead atoms. The number of nitrogens with zero attached hydrogens (tertiary/aromatic N) is 3. The highest BCUT2D eigenvalue weighted by Gasteiger charge is 2.24. The fourth-order valence-corrected chi connectivity index (χ4v) is 2.73. The number of pyridine rings is 1. The summed E-state index contributed by atoms with van der Waals surface area (Å²) in [6.07, 6.45) is 1.54. The second kappa shape index (κ2) is 7.33. The summed E-state index contributed by atoms with van der Waals surface area (Å²) in [6.45, 7) is 1.43. The number of methoxy groups -OCH3 is 1. The number of aromatic nitrogens is 1. The third kappa shape index (κ3) is 3.78. The molecule has 0 spiro atoms. The largest absolute Gasteiger partial charge is 0.481 e. The van der Waals surface area contributed by atoms with Crippen molar-refractivity contribution in [3.05, 3.63) is 48.2 Å². The average Bonchev–Trinajstić information content (AvgIpc) is 2.62. The normalized spacial score (nSPS) is 14.4. The zero-order valence-electron chi connectivity index (χ0n) is 13.7. The molecule has 2 aromatic rings. The lowest BCUT2D eigenvalue weighted by Crippen LogP contribution is -2.50. The maximum Gasteiger partial charge on any atom is 0.321 e. The van der Waals surface area contributed by atoms with Crippen LogP contribution < -0.4 is 15.0 Å². The molecule has 2 amide bonds. The summed E-state index contributed by atoms with van der Waals surface area (Å²) in [5, 5.41) is 2.76. The van der Waals surface area contributed by atoms with Crippen molar-refractivity contribution in [2.75, 3.05) is 43.5 Å². The fraction of sp³-hybridized carbons (Fsp3) is 0.294. The SMILES string of the molecule is COc1cc(NC(=O)N2CCN(c3c(F)cccc3F)CC2)ccn1. The molecule has 0 aliphatic carbocycles. The van der Waals surface area contributed by atoms with Crippen molar-refractivity contribution in [2.24, 2.45) is 0 Å². The number of halogens is 2. The Morgan fingerprint density at radius 2 is 1.84 bits per heavy atom. The predicted octanol–water partition coefficient (Wildman–Crippen LogP) is 2.72. The first-order valence-electron chi connectivity index (χ1n) is 7.83. The van der Waals surface area contributed by atoms with E-state index in [2.05, 4.69) is 10.3 Å². The van der Waals surface area contributed by atoms with Crippen molar-refractivity contribution in [1.29, 1.82) is 0 Å². The molecule has 2 heterocycles. The van der Waals surface area contributed by atoms with E-state index < -0.39 is 11.6 Å². The number of amides is 2. The lowest BCUT2D eigenvalue weighted by Gasteiger charge is -2.36. The first kappa shape index (κ1) is 16.9. The Balaban J connectivity index is 1.61. The Morgan fingerprint density at radius 1 is 1.16 bits per heavy atom. The fourth-order valence-electron chi connectivity index (χ4n) is 2.73. The minimum absolute atomic E-state index is 0.0403. The number of hydrogen-bond acceptors (Lipinski definition) is 4. The molecule has 1 N–H and O–H groups in total. The molecule has 3 rings (SSSR count). The standard InChI is InChI=1S/C17H18F2N4O2/c1-25-15-11-12(5-6-20-15)21-17(24)23-9-7-22(8-10-23)16-13(18)3-2-4-14(16)19/h2-6,11H,7-10H2,1H3,(H,20,21,24). The summed E-state index contributed by atoms with van der Waals surface area (Å²) in [5.41, 5.74) is 0.529. The van der Waals surface area contributed by atoms with Gasteiger partial charge in [0.1, 0.15) is 17.3 Å². The molecule has 0 unspecified atom stereocenters. The molecule has 1 aliphatic rings. The number of benzene rings is 1. The number of para-hydroxylation sites is 1. The number of nitrogens with one attached hydrogen (secondary N) is 1. The molecule has 25 heavy (non-hydrogen) atoms. The predicted molar refractivity (Wildman–Crippen MR) is 90.0 cm³/mol. The molecule has 8 heteroatoms. The van der Waals surface area contributed by atoms with Gasteiger partial charge >= 0.3 is 6.03 Å². The Labute approximate surface area is 144 Å². The minimum Gasteiger partial charge on any atom is -0.481 e. The summed E-state index contributed by atoms with van der Waals surface area (Å²) >= 11 is 0. The van der Waals surface area contributed by atoms with Gasteiger partial charge in [-0.3, -0.25) is 0 Å². The number of urea groups is 1. The molecule has 6 nitrogen and oxygen atoms in total. The van der Waals surface area contributed by atoms with Gasteiger partial charge in [-0.25, -0.2) is 18.6 Å². The van der Waals surface area contributed by atoms with E-state index >= 15 is 0 Å². The van der Waals surface area contributed by atoms with Crippen LogP contribution in [0.5, 0.6) is 5.88 Å². The van der Waals surface area contributed by atoms with Crippen molar-refractivity contribution >= 4 is 17.4 Å². The first-order chi connectivity index (χ1) is 12.1. The van der Waals surface area contributed by atoms with Crippen LogP contribution in [-0.4, -0.2) is 49.2 Å². The number of hydrogen-bond donors (Lipinski definition) is 1. The number of piperazine rings is 1. The van der Waals surface area contributed by atoms with Crippen molar-refractivity contribution in [2.45, 2.75) is 0 Å². The zero-order chi connectivity index (χ0) is 17.8. The molecule has 0 saturated carbocycles. The third-order valence-electron chi connectivity index (χ3n) is 4.02. The zero-order valence-corrected chi connectivity index (χ0v) is 13.7. The second-order valence-electron chi connectivity index (χ2n) is 5.56. The van der Waals surface area contributed by atoms with Gasteiger partial charge in [0.05, 0.1) is 7.11 Å². The molecule has 0 atom stereocenters. The number of anilines is 2. The topological polar surface area (TPSA) is 57.7 Å². The number of rotatable bonds is 3. The Bertz CT molecular complexity index is 744. The Kier molecular flexibility index (Phi) is 4.97. The van der Waals surface area contributed by atoms with E-state index in [1.807, 2.05) is 0 Å². The van der Waals surface area contributed by atoms with Crippen LogP contribution in [-0.2, 0) is 0 Å². The van der Waals surface area contributed by atoms with Gasteiger partial charge in [0.2, 0.25) is 5.88 Å². The average molecular weight is 348 g/mol. The van der Waals surface area contributed by atoms with Crippen LogP contribution in [0.15, 0.2) is 36.5 Å². The van der Waals surface area contributed by atoms with Gasteiger partial charge < -0.3 is 19.9 Å². The highest BCUT2D eigenvalue weighted by Crippen LogP contribution is 2.24. The summed E-state index contributed by atoms with van der Waals surface area (Å²) in [4.78, 5) is 19.5. The highest BCUT2D eigenvalue weighted by atomic mass is 19.1. The van der Waals surface area contributed by atoms with Crippen molar-refractivity contribution in [3.63, 3.8) is 0 Å². The van der Waals surface area contributed by atoms with Gasteiger partial charge in [0.25, 0.3) is 0 Å². The van der Waals surface area contributed by atoms with Crippen LogP contribution in [0.25, 0.3) is 0 Å². The maximum atomic E-state index is 13.9. The summed E-state index contributed by atoms with van der Waals surface area (Å²) < 4.78 is 32.7. The first-order valence-corrected chi connectivity index (χ1v) is 7.83. The molecule has 1 fully saturated rings. The quantitative estimate of drug-likeness (QED) is 0.927. The summed E-state index contributed by atoms with van der Waals surface area (Å²) in [7, 11) is 1.50. The van der Waals surface area contributed by atoms with Crippen LogP contribution in [0.1, 0.15) is 0 Å². The monoisotopic (exact) mass is 348 g/mol. The number of ether oxygens (including phenoxy) is 1. The maximum absolute atomic E-state index is 13.9. The van der Waals surface area contributed by atoms with Gasteiger partial charge in [-0.05, 0) is 18.2 Å². The highest BCUT2D eigenvalue weighted by molar-refractivity contribution is 5.89. The molecule has 132 valence electrons. The van der Waals surface area contributed by atoms with E-state index in [0.717, 1.165) is 0 Å². The van der Waals surface area contributed by atoms with Crippen LogP contribution >= 0.6 is 0 Å². The van der Waals surface area contributed by atoms with E-state index in [1.54, 1.807) is 21.9 Å². The lowest BCUT2D eigenvalue weighted by atomic mass is 10.2. The van der Waals surface area contributed by atoms with Gasteiger partial charge in [0, 0.05) is 44.1 Å². The van der Waals surface area contributed by atoms with E-state index in [0.29, 0.717) is 37.7 Å². The van der Waals surface area contributed by atoms with Crippen LogP contribution in [0.3, 0.4) is 0 Å². The molecular formula is C17H18F2N4O2. The van der Waals surface area contributed by atoms with Crippen molar-refractivity contribution in [1.82, 2.24) is 9.88 Å². The second-order valence-corrected chi connectivity index (χ2v) is 5.56. The van der Waals surface area contributed by atoms with Crippen molar-refractivity contribution in [3.8, 4) is 5.88 Å². The molecule has 1 aromatic heterocycles. The number of carbonyl (C=O) groups excluding carboxylic acids is 1.